The molecule has 1 atom stereocenters. The van der Waals surface area contributed by atoms with Crippen LogP contribution in [-0.4, -0.2) is 61.7 Å². The minimum atomic E-state index is -0.535. The summed E-state index contributed by atoms with van der Waals surface area (Å²) < 4.78 is 15.4. The summed E-state index contributed by atoms with van der Waals surface area (Å²) in [5, 5.41) is 2.83. The van der Waals surface area contributed by atoms with Crippen LogP contribution in [0.5, 0.6) is 0 Å². The van der Waals surface area contributed by atoms with Crippen molar-refractivity contribution in [3.63, 3.8) is 0 Å². The fourth-order valence-corrected chi connectivity index (χ4v) is 3.57. The molecule has 0 rings (SSSR count). The summed E-state index contributed by atoms with van der Waals surface area (Å²) >= 11 is 4.67. The van der Waals surface area contributed by atoms with E-state index in [4.69, 9.17) is 19.9 Å². The molecular formula is C20H40N2O5S. The number of hydrogen-bond acceptors (Lipinski definition) is 7. The van der Waals surface area contributed by atoms with Crippen molar-refractivity contribution in [1.82, 2.24) is 5.32 Å². The largest absolute Gasteiger partial charge is 0.460 e. The summed E-state index contributed by atoms with van der Waals surface area (Å²) in [5.74, 6) is -0.327. The van der Waals surface area contributed by atoms with E-state index in [9.17, 15) is 9.59 Å². The van der Waals surface area contributed by atoms with Crippen LogP contribution in [0.4, 0.5) is 0 Å². The van der Waals surface area contributed by atoms with E-state index in [1.54, 1.807) is 0 Å². The van der Waals surface area contributed by atoms with Gasteiger partial charge in [-0.3, -0.25) is 9.59 Å². The SMILES string of the molecule is CC(C)(CC(=O)OC(C)(C)C)CC(C)(S)CC(=O)NCCOCCOCCN. The fourth-order valence-electron chi connectivity index (χ4n) is 3.00. The lowest BCUT2D eigenvalue weighted by molar-refractivity contribution is -0.157. The van der Waals surface area contributed by atoms with E-state index < -0.39 is 10.3 Å². The van der Waals surface area contributed by atoms with E-state index in [-0.39, 0.29) is 30.1 Å². The zero-order valence-corrected chi connectivity index (χ0v) is 19.3. The summed E-state index contributed by atoms with van der Waals surface area (Å²) in [6, 6.07) is 0. The Kier molecular flexibility index (Phi) is 12.3. The number of ether oxygens (including phenoxy) is 3. The first-order valence-corrected chi connectivity index (χ1v) is 10.3. The number of rotatable bonds is 14. The van der Waals surface area contributed by atoms with Crippen molar-refractivity contribution in [2.45, 2.75) is 71.2 Å². The minimum absolute atomic E-state index is 0.0893. The molecule has 0 aromatic rings. The van der Waals surface area contributed by atoms with Crippen molar-refractivity contribution in [3.05, 3.63) is 0 Å². The second-order valence-electron chi connectivity index (χ2n) is 9.14. The van der Waals surface area contributed by atoms with E-state index in [0.717, 1.165) is 0 Å². The number of thiol groups is 1. The first-order chi connectivity index (χ1) is 12.8. The van der Waals surface area contributed by atoms with Gasteiger partial charge in [-0.15, -0.1) is 0 Å². The third-order valence-corrected chi connectivity index (χ3v) is 3.96. The lowest BCUT2D eigenvalue weighted by atomic mass is 9.79. The van der Waals surface area contributed by atoms with Crippen LogP contribution in [0.1, 0.15) is 60.8 Å². The number of amides is 1. The number of nitrogens with one attached hydrogen (secondary N) is 1. The van der Waals surface area contributed by atoms with Gasteiger partial charge in [0.1, 0.15) is 5.60 Å². The molecule has 0 aliphatic carbocycles. The van der Waals surface area contributed by atoms with Gasteiger partial charge in [-0.2, -0.15) is 12.6 Å². The van der Waals surface area contributed by atoms with Crippen LogP contribution in [0.15, 0.2) is 0 Å². The van der Waals surface area contributed by atoms with Crippen LogP contribution in [0.2, 0.25) is 0 Å². The van der Waals surface area contributed by atoms with Crippen molar-refractivity contribution in [1.29, 1.82) is 0 Å². The number of nitrogens with two attached hydrogens (primary N) is 1. The molecule has 0 saturated carbocycles. The molecule has 1 unspecified atom stereocenters. The lowest BCUT2D eigenvalue weighted by Crippen LogP contribution is -2.37. The van der Waals surface area contributed by atoms with Crippen LogP contribution >= 0.6 is 12.6 Å². The molecular weight excluding hydrogens is 380 g/mol. The van der Waals surface area contributed by atoms with Gasteiger partial charge in [-0.25, -0.2) is 0 Å². The summed E-state index contributed by atoms with van der Waals surface area (Å²) in [6.45, 7) is 14.3. The molecule has 0 radical (unpaired) electrons. The van der Waals surface area contributed by atoms with Crippen molar-refractivity contribution >= 4 is 24.5 Å². The van der Waals surface area contributed by atoms with Gasteiger partial charge in [0.25, 0.3) is 0 Å². The summed E-state index contributed by atoms with van der Waals surface area (Å²) in [6.07, 6.45) is 1.14. The van der Waals surface area contributed by atoms with E-state index in [1.165, 1.54) is 0 Å². The Balaban J connectivity index is 4.18. The highest BCUT2D eigenvalue weighted by Gasteiger charge is 2.34. The highest BCUT2D eigenvalue weighted by Crippen LogP contribution is 2.37. The van der Waals surface area contributed by atoms with Gasteiger partial charge in [0.2, 0.25) is 5.91 Å². The van der Waals surface area contributed by atoms with E-state index in [0.29, 0.717) is 45.9 Å². The normalized spacial score (nSPS) is 14.4. The summed E-state index contributed by atoms with van der Waals surface area (Å²) in [7, 11) is 0. The molecule has 0 aromatic carbocycles. The van der Waals surface area contributed by atoms with Gasteiger partial charge in [0, 0.05) is 24.3 Å². The molecule has 28 heavy (non-hydrogen) atoms. The van der Waals surface area contributed by atoms with Gasteiger partial charge >= 0.3 is 5.97 Å². The molecule has 0 fully saturated rings. The van der Waals surface area contributed by atoms with Gasteiger partial charge in [-0.1, -0.05) is 20.8 Å². The Labute approximate surface area is 175 Å². The number of hydrogen-bond donors (Lipinski definition) is 3. The Morgan fingerprint density at radius 1 is 0.929 bits per heavy atom. The summed E-state index contributed by atoms with van der Waals surface area (Å²) in [5.41, 5.74) is 4.49. The van der Waals surface area contributed by atoms with Gasteiger partial charge in [0.15, 0.2) is 0 Å². The third-order valence-electron chi connectivity index (χ3n) is 3.65. The van der Waals surface area contributed by atoms with Crippen LogP contribution in [-0.2, 0) is 23.8 Å². The van der Waals surface area contributed by atoms with E-state index >= 15 is 0 Å². The van der Waals surface area contributed by atoms with Gasteiger partial charge in [0.05, 0.1) is 32.8 Å². The predicted molar refractivity (Wildman–Crippen MR) is 115 cm³/mol. The maximum atomic E-state index is 12.2. The third kappa shape index (κ3) is 16.2. The molecule has 8 heteroatoms. The Morgan fingerprint density at radius 2 is 1.50 bits per heavy atom. The monoisotopic (exact) mass is 420 g/mol. The van der Waals surface area contributed by atoms with E-state index in [1.807, 2.05) is 41.5 Å². The molecule has 0 aliphatic rings. The van der Waals surface area contributed by atoms with Crippen molar-refractivity contribution in [2.75, 3.05) is 39.5 Å². The second-order valence-corrected chi connectivity index (χ2v) is 10.2. The fraction of sp³-hybridized carbons (Fsp3) is 0.900. The Hall–Kier alpha value is -0.830. The number of carbonyl (C=O) groups excluding carboxylic acids is 2. The molecule has 3 N–H and O–H groups in total. The van der Waals surface area contributed by atoms with Crippen LogP contribution in [0.3, 0.4) is 0 Å². The van der Waals surface area contributed by atoms with Crippen LogP contribution < -0.4 is 11.1 Å². The standard InChI is InChI=1S/C20H40N2O5S/c1-18(2,3)27-17(24)14-19(4,5)15-20(6,28)13-16(23)22-8-10-26-12-11-25-9-7-21/h28H,7-15,21H2,1-6H3,(H,22,23). The maximum Gasteiger partial charge on any atom is 0.306 e. The lowest BCUT2D eigenvalue weighted by Gasteiger charge is -2.34. The average Bonchev–Trinajstić information content (AvgIpc) is 2.45. The topological polar surface area (TPSA) is 99.9 Å². The predicted octanol–water partition coefficient (Wildman–Crippen LogP) is 2.32. The van der Waals surface area contributed by atoms with Crippen molar-refractivity contribution in [2.24, 2.45) is 11.1 Å². The maximum absolute atomic E-state index is 12.2. The Bertz CT molecular complexity index is 476. The molecule has 0 heterocycles. The quantitative estimate of drug-likeness (QED) is 0.227. The molecule has 0 aromatic heterocycles. The van der Waals surface area contributed by atoms with Gasteiger partial charge in [-0.05, 0) is 32.6 Å². The first-order valence-electron chi connectivity index (χ1n) is 9.83. The number of esters is 1. The van der Waals surface area contributed by atoms with Crippen LogP contribution in [0, 0.1) is 5.41 Å². The van der Waals surface area contributed by atoms with Crippen molar-refractivity contribution < 1.29 is 23.8 Å². The second kappa shape index (κ2) is 12.7. The highest BCUT2D eigenvalue weighted by atomic mass is 32.1. The Morgan fingerprint density at radius 3 is 2.04 bits per heavy atom. The molecule has 166 valence electrons. The van der Waals surface area contributed by atoms with Crippen LogP contribution in [0.25, 0.3) is 0 Å². The minimum Gasteiger partial charge on any atom is -0.460 e. The average molecular weight is 421 g/mol. The zero-order valence-electron chi connectivity index (χ0n) is 18.4. The molecule has 7 nitrogen and oxygen atoms in total. The molecule has 0 aliphatic heterocycles. The van der Waals surface area contributed by atoms with Gasteiger partial charge < -0.3 is 25.3 Å². The molecule has 0 spiro atoms. The molecule has 1 amide bonds. The molecule has 0 saturated heterocycles. The smallest absolute Gasteiger partial charge is 0.306 e. The first kappa shape index (κ1) is 27.2. The highest BCUT2D eigenvalue weighted by molar-refractivity contribution is 7.81. The van der Waals surface area contributed by atoms with Crippen molar-refractivity contribution in [3.8, 4) is 0 Å². The zero-order chi connectivity index (χ0) is 21.8. The summed E-state index contributed by atoms with van der Waals surface area (Å²) in [4.78, 5) is 24.3. The van der Waals surface area contributed by atoms with E-state index in [2.05, 4.69) is 17.9 Å². The number of carbonyl (C=O) groups is 2. The molecule has 0 bridgehead atoms.